The first-order valence-corrected chi connectivity index (χ1v) is 35.6. The minimum Gasteiger partial charge on any atom is -0.464 e. The third-order valence-electron chi connectivity index (χ3n) is 14.5. The quantitative estimate of drug-likeness (QED) is 0.0250. The highest BCUT2D eigenvalue weighted by Gasteiger charge is 2.47. The Kier molecular flexibility index (Phi) is 24.2. The Labute approximate surface area is 454 Å². The van der Waals surface area contributed by atoms with Gasteiger partial charge in [-0.3, -0.25) is 0 Å². The fourth-order valence-electron chi connectivity index (χ4n) is 7.36. The third-order valence-corrected chi connectivity index (χ3v) is 24.4. The Bertz CT molecular complexity index is 2360. The molecule has 75 heavy (non-hydrogen) atoms. The van der Waals surface area contributed by atoms with E-state index in [0.717, 1.165) is 6.42 Å². The summed E-state index contributed by atoms with van der Waals surface area (Å²) in [6.07, 6.45) is 34.0. The minimum atomic E-state index is -2.25. The number of aromatic nitrogens is 2. The van der Waals surface area contributed by atoms with E-state index in [2.05, 4.69) is 162 Å². The van der Waals surface area contributed by atoms with Gasteiger partial charge in [-0.15, -0.1) is 0 Å². The summed E-state index contributed by atoms with van der Waals surface area (Å²) in [7, 11) is -3.33. The fraction of sp³-hybridized carbons (Fsp3) is 0.593. The molecule has 0 aliphatic carbocycles. The van der Waals surface area contributed by atoms with E-state index in [1.165, 1.54) is 19.6 Å². The van der Waals surface area contributed by atoms with E-state index in [0.29, 0.717) is 18.7 Å². The van der Waals surface area contributed by atoms with Crippen LogP contribution in [-0.4, -0.2) is 104 Å². The first-order valence-electron chi connectivity index (χ1n) is 26.4. The van der Waals surface area contributed by atoms with E-state index < -0.39 is 48.4 Å². The number of rotatable bonds is 29. The summed E-state index contributed by atoms with van der Waals surface area (Å²) in [4.78, 5) is 34.3. The second-order valence-corrected chi connectivity index (χ2v) is 38.5. The summed E-state index contributed by atoms with van der Waals surface area (Å²) in [6.45, 7) is 42.0. The average molecular weight is 1090 g/mol. The van der Waals surface area contributed by atoms with Crippen LogP contribution in [-0.2, 0) is 38.6 Å². The largest absolute Gasteiger partial charge is 0.464 e. The first kappa shape index (κ1) is 65.0. The standard InChI is InChI=1S/C59H94N2O11Si3/c1-22-32-49(71-74(18,19)56(3,4)5)58(9,10)48(37-28-26-24-25-27-34-43(64-13)40-53-61-44(41-67-53)54(62)65-14)69-55(63)45-42-66-52(60-45)39-30-29-35-46-47(68-46)36-31-38-51(70-73(15,16)17)59(11,12)50(33-23-2)72-75(20,21)57(6,7)8/h22-36,39,41-43,46-51H,37-38,40H2,1-21H3/b25-24-,28-26-,32-22+,33-23+,34-27+,35-29+,36-31-,39-30-/t43?,46-,47+,48?,49?,50?,51?/m0/s1. The van der Waals surface area contributed by atoms with Gasteiger partial charge in [0, 0.05) is 30.4 Å². The number of epoxide rings is 1. The van der Waals surface area contributed by atoms with E-state index in [1.807, 2.05) is 67.7 Å². The molecule has 1 aliphatic heterocycles. The lowest BCUT2D eigenvalue weighted by atomic mass is 9.79. The van der Waals surface area contributed by atoms with Crippen molar-refractivity contribution in [3.8, 4) is 0 Å². The van der Waals surface area contributed by atoms with Crippen molar-refractivity contribution in [3.63, 3.8) is 0 Å². The predicted molar refractivity (Wildman–Crippen MR) is 310 cm³/mol. The molecular formula is C59H94N2O11Si3. The van der Waals surface area contributed by atoms with Gasteiger partial charge in [0.2, 0.25) is 5.89 Å². The van der Waals surface area contributed by atoms with Crippen LogP contribution in [0.2, 0.25) is 55.9 Å². The van der Waals surface area contributed by atoms with Gasteiger partial charge in [-0.05, 0) is 76.2 Å². The maximum Gasteiger partial charge on any atom is 0.360 e. The van der Waals surface area contributed by atoms with Gasteiger partial charge in [0.15, 0.2) is 42.2 Å². The average Bonchev–Trinajstić information content (AvgIpc) is 3.61. The van der Waals surface area contributed by atoms with Crippen molar-refractivity contribution in [2.45, 2.75) is 201 Å². The van der Waals surface area contributed by atoms with Crippen molar-refractivity contribution in [2.24, 2.45) is 10.8 Å². The van der Waals surface area contributed by atoms with E-state index in [-0.39, 0.29) is 69.4 Å². The number of allylic oxidation sites excluding steroid dienone is 8. The van der Waals surface area contributed by atoms with Crippen molar-refractivity contribution < 1.29 is 50.6 Å². The molecule has 1 aliphatic rings. The molecule has 5 unspecified atom stereocenters. The van der Waals surface area contributed by atoms with Crippen molar-refractivity contribution in [2.75, 3.05) is 14.2 Å². The number of hydrogen-bond donors (Lipinski definition) is 0. The zero-order valence-corrected chi connectivity index (χ0v) is 52.4. The molecule has 3 rings (SSSR count). The number of ether oxygens (including phenoxy) is 4. The SMILES string of the molecule is C/C=C/C(O[Si](C)(C)C(C)(C)C)C(C)(C)C(C\C=C/C=C\C=C\C(Cc1nc(C(=O)OC)co1)OC)OC(=O)c1coc(/C=C\C=C\[C@@H]2O[C@@H]2/C=C\CC(O[Si](C)(C)C)C(C)(C)C(/C=C/C)O[Si](C)(C)C(C)(C)C)n1. The van der Waals surface area contributed by atoms with Gasteiger partial charge in [-0.1, -0.05) is 160 Å². The molecular weight excluding hydrogens is 997 g/mol. The smallest absolute Gasteiger partial charge is 0.360 e. The molecule has 1 fully saturated rings. The van der Waals surface area contributed by atoms with Gasteiger partial charge >= 0.3 is 11.9 Å². The summed E-state index contributed by atoms with van der Waals surface area (Å²) < 4.78 is 54.7. The maximum atomic E-state index is 13.9. The van der Waals surface area contributed by atoms with Gasteiger partial charge in [0.1, 0.15) is 30.8 Å². The van der Waals surface area contributed by atoms with E-state index >= 15 is 0 Å². The van der Waals surface area contributed by atoms with Crippen LogP contribution < -0.4 is 0 Å². The molecule has 0 spiro atoms. The van der Waals surface area contributed by atoms with Crippen molar-refractivity contribution >= 4 is 43.0 Å². The van der Waals surface area contributed by atoms with Crippen LogP contribution in [0.3, 0.4) is 0 Å². The number of carbonyl (C=O) groups excluding carboxylic acids is 2. The number of methoxy groups -OCH3 is 2. The zero-order valence-electron chi connectivity index (χ0n) is 49.4. The van der Waals surface area contributed by atoms with Crippen LogP contribution >= 0.6 is 0 Å². The van der Waals surface area contributed by atoms with E-state index in [4.69, 9.17) is 41.1 Å². The Morgan fingerprint density at radius 3 is 1.71 bits per heavy atom. The van der Waals surface area contributed by atoms with Crippen LogP contribution in [0.1, 0.15) is 129 Å². The zero-order chi connectivity index (χ0) is 56.6. The Morgan fingerprint density at radius 1 is 0.627 bits per heavy atom. The molecule has 3 heterocycles. The second kappa shape index (κ2) is 27.9. The van der Waals surface area contributed by atoms with Crippen LogP contribution in [0, 0.1) is 10.8 Å². The van der Waals surface area contributed by atoms with Crippen molar-refractivity contribution in [1.29, 1.82) is 0 Å². The maximum absolute atomic E-state index is 13.9. The first-order chi connectivity index (χ1) is 34.7. The highest BCUT2D eigenvalue weighted by atomic mass is 28.4. The molecule has 0 saturated carbocycles. The highest BCUT2D eigenvalue weighted by Crippen LogP contribution is 2.44. The van der Waals surface area contributed by atoms with Crippen LogP contribution in [0.4, 0.5) is 0 Å². The van der Waals surface area contributed by atoms with Crippen LogP contribution in [0.15, 0.2) is 113 Å². The highest BCUT2D eigenvalue weighted by molar-refractivity contribution is 6.74. The number of oxazole rings is 2. The Hall–Kier alpha value is -4.27. The molecule has 13 nitrogen and oxygen atoms in total. The predicted octanol–water partition coefficient (Wildman–Crippen LogP) is 14.8. The molecule has 2 aromatic rings. The molecule has 0 amide bonds. The topological polar surface area (TPSA) is 154 Å². The number of carbonyl (C=O) groups is 2. The number of nitrogens with zero attached hydrogens (tertiary/aromatic N) is 2. The second-order valence-electron chi connectivity index (χ2n) is 24.5. The summed E-state index contributed by atoms with van der Waals surface area (Å²) >= 11 is 0. The van der Waals surface area contributed by atoms with E-state index in [9.17, 15) is 9.59 Å². The summed E-state index contributed by atoms with van der Waals surface area (Å²) in [6, 6.07) is 0. The van der Waals surface area contributed by atoms with Gasteiger partial charge in [0.25, 0.3) is 0 Å². The molecule has 7 atom stereocenters. The number of hydrogen-bond acceptors (Lipinski definition) is 13. The van der Waals surface area contributed by atoms with Crippen LogP contribution in [0.25, 0.3) is 6.08 Å². The third kappa shape index (κ3) is 20.2. The van der Waals surface area contributed by atoms with Crippen molar-refractivity contribution in [3.05, 3.63) is 127 Å². The normalized spacial score (nSPS) is 19.0. The molecule has 0 N–H and O–H groups in total. The molecule has 0 aromatic carbocycles. The number of esters is 2. The lowest BCUT2D eigenvalue weighted by Crippen LogP contribution is -2.52. The van der Waals surface area contributed by atoms with Gasteiger partial charge in [-0.25, -0.2) is 19.6 Å². The van der Waals surface area contributed by atoms with E-state index in [1.54, 1.807) is 13.2 Å². The van der Waals surface area contributed by atoms with Gasteiger partial charge < -0.3 is 41.1 Å². The molecule has 2 aromatic heterocycles. The molecule has 418 valence electrons. The Balaban J connectivity index is 1.72. The van der Waals surface area contributed by atoms with Gasteiger partial charge in [0.05, 0.1) is 37.9 Å². The fourth-order valence-corrected chi connectivity index (χ4v) is 11.4. The summed E-state index contributed by atoms with van der Waals surface area (Å²) in [5.74, 6) is -0.531. The minimum absolute atomic E-state index is 0.0285. The van der Waals surface area contributed by atoms with Crippen LogP contribution in [0.5, 0.6) is 0 Å². The monoisotopic (exact) mass is 1090 g/mol. The molecule has 0 radical (unpaired) electrons. The molecule has 1 saturated heterocycles. The Morgan fingerprint density at radius 2 is 1.16 bits per heavy atom. The lowest BCUT2D eigenvalue weighted by Gasteiger charge is -2.47. The summed E-state index contributed by atoms with van der Waals surface area (Å²) in [5, 5.41) is 0.0471. The lowest BCUT2D eigenvalue weighted by molar-refractivity contribution is -0.0420. The van der Waals surface area contributed by atoms with Gasteiger partial charge in [-0.2, -0.15) is 0 Å². The van der Waals surface area contributed by atoms with Crippen molar-refractivity contribution in [1.82, 2.24) is 9.97 Å². The molecule has 16 heteroatoms. The summed E-state index contributed by atoms with van der Waals surface area (Å²) in [5.41, 5.74) is -0.763. The molecule has 0 bridgehead atoms.